The summed E-state index contributed by atoms with van der Waals surface area (Å²) in [5.74, 6) is -4.14. The molecule has 41 heavy (non-hydrogen) atoms. The van der Waals surface area contributed by atoms with E-state index in [1.54, 1.807) is 11.3 Å². The number of hydrogen-bond donors (Lipinski definition) is 2. The second-order valence-electron chi connectivity index (χ2n) is 8.74. The summed E-state index contributed by atoms with van der Waals surface area (Å²) < 4.78 is 65.4. The maximum Gasteiger partial charge on any atom is 0.490 e. The molecule has 4 aromatic rings. The van der Waals surface area contributed by atoms with E-state index in [0.717, 1.165) is 48.7 Å². The molecule has 1 aliphatic heterocycles. The van der Waals surface area contributed by atoms with Gasteiger partial charge in [0.1, 0.15) is 0 Å². The molecule has 1 fully saturated rings. The van der Waals surface area contributed by atoms with Crippen LogP contribution in [0.15, 0.2) is 59.7 Å². The van der Waals surface area contributed by atoms with E-state index in [0.29, 0.717) is 5.92 Å². The molecular formula is C25H23F6N5O4S. The van der Waals surface area contributed by atoms with Gasteiger partial charge in [0, 0.05) is 43.2 Å². The van der Waals surface area contributed by atoms with Gasteiger partial charge in [-0.05, 0) is 71.6 Å². The van der Waals surface area contributed by atoms with Crippen molar-refractivity contribution in [3.8, 4) is 11.1 Å². The summed E-state index contributed by atoms with van der Waals surface area (Å²) in [6, 6.07) is 10.4. The summed E-state index contributed by atoms with van der Waals surface area (Å²) in [5, 5.41) is 23.5. The standard InChI is InChI=1S/C21H21N5S.2C2HF3O2/c1-2-19(13-25(10-1)12-16-7-11-27-15-16)21-23-20-4-3-18(14-26(20)24-21)17-5-8-22-9-6-17;2*3-2(4,5)1(6)7/h3-9,11,14-15,19H,1-2,10,12-13H2;2*(H,6,7). The van der Waals surface area contributed by atoms with Crippen LogP contribution in [0.25, 0.3) is 16.8 Å². The minimum absolute atomic E-state index is 0.404. The zero-order chi connectivity index (χ0) is 30.2. The Labute approximate surface area is 232 Å². The highest BCUT2D eigenvalue weighted by atomic mass is 32.1. The van der Waals surface area contributed by atoms with Crippen molar-refractivity contribution in [1.29, 1.82) is 0 Å². The number of aliphatic carboxylic acids is 2. The molecule has 2 N–H and O–H groups in total. The van der Waals surface area contributed by atoms with Crippen LogP contribution in [0.3, 0.4) is 0 Å². The lowest BCUT2D eigenvalue weighted by atomic mass is 9.97. The Morgan fingerprint density at radius 1 is 0.951 bits per heavy atom. The SMILES string of the molecule is O=C(O)C(F)(F)F.O=C(O)C(F)(F)F.c1cc(-c2ccc3nc(C4CCCN(Cc5ccsc5)C4)nn3c2)ccn1. The lowest BCUT2D eigenvalue weighted by Crippen LogP contribution is -2.34. The van der Waals surface area contributed by atoms with Crippen LogP contribution >= 0.6 is 11.3 Å². The van der Waals surface area contributed by atoms with E-state index in [4.69, 9.17) is 29.9 Å². The molecule has 0 radical (unpaired) electrons. The minimum atomic E-state index is -5.08. The second kappa shape index (κ2) is 13.5. The van der Waals surface area contributed by atoms with Gasteiger partial charge >= 0.3 is 24.3 Å². The number of carboxylic acid groups (broad SMARTS) is 2. The monoisotopic (exact) mass is 603 g/mol. The van der Waals surface area contributed by atoms with Crippen molar-refractivity contribution in [2.45, 2.75) is 37.7 Å². The van der Waals surface area contributed by atoms with Crippen LogP contribution in [0.4, 0.5) is 26.3 Å². The fourth-order valence-electron chi connectivity index (χ4n) is 3.84. The molecule has 1 unspecified atom stereocenters. The molecule has 0 saturated carbocycles. The topological polar surface area (TPSA) is 121 Å². The maximum atomic E-state index is 10.6. The van der Waals surface area contributed by atoms with E-state index in [1.165, 1.54) is 12.0 Å². The summed E-state index contributed by atoms with van der Waals surface area (Å²) >= 11 is 1.77. The van der Waals surface area contributed by atoms with Crippen molar-refractivity contribution in [2.75, 3.05) is 13.1 Å². The normalized spacial score (nSPS) is 15.8. The molecule has 9 nitrogen and oxygen atoms in total. The maximum absolute atomic E-state index is 10.6. The van der Waals surface area contributed by atoms with Crippen molar-refractivity contribution in [3.05, 3.63) is 71.1 Å². The predicted octanol–water partition coefficient (Wildman–Crippen LogP) is 5.50. The van der Waals surface area contributed by atoms with Crippen LogP contribution in [0.5, 0.6) is 0 Å². The number of thiophene rings is 1. The average Bonchev–Trinajstić information content (AvgIpc) is 3.58. The van der Waals surface area contributed by atoms with Crippen LogP contribution < -0.4 is 0 Å². The minimum Gasteiger partial charge on any atom is -0.475 e. The van der Waals surface area contributed by atoms with Gasteiger partial charge in [-0.25, -0.2) is 19.1 Å². The lowest BCUT2D eigenvalue weighted by molar-refractivity contribution is -0.193. The van der Waals surface area contributed by atoms with Gasteiger partial charge in [-0.1, -0.05) is 0 Å². The van der Waals surface area contributed by atoms with Gasteiger partial charge in [-0.15, -0.1) is 0 Å². The molecular weight excluding hydrogens is 580 g/mol. The van der Waals surface area contributed by atoms with Crippen molar-refractivity contribution in [2.24, 2.45) is 0 Å². The van der Waals surface area contributed by atoms with Crippen LogP contribution in [0.2, 0.25) is 0 Å². The fraction of sp³-hybridized carbons (Fsp3) is 0.320. The lowest BCUT2D eigenvalue weighted by Gasteiger charge is -2.31. The molecule has 16 heteroatoms. The highest BCUT2D eigenvalue weighted by molar-refractivity contribution is 7.07. The van der Waals surface area contributed by atoms with E-state index in [2.05, 4.69) is 45.0 Å². The van der Waals surface area contributed by atoms with Crippen molar-refractivity contribution in [1.82, 2.24) is 24.5 Å². The Kier molecular flexibility index (Phi) is 10.4. The zero-order valence-electron chi connectivity index (χ0n) is 21.0. The van der Waals surface area contributed by atoms with Crippen LogP contribution in [-0.4, -0.2) is 72.1 Å². The Bertz CT molecular complexity index is 1400. The van der Waals surface area contributed by atoms with Crippen molar-refractivity contribution in [3.63, 3.8) is 0 Å². The molecule has 1 atom stereocenters. The van der Waals surface area contributed by atoms with Gasteiger partial charge in [0.2, 0.25) is 0 Å². The van der Waals surface area contributed by atoms with Gasteiger partial charge in [0.05, 0.1) is 0 Å². The van der Waals surface area contributed by atoms with Gasteiger partial charge in [-0.2, -0.15) is 42.8 Å². The number of fused-ring (bicyclic) bond motifs is 1. The first-order valence-corrected chi connectivity index (χ1v) is 12.8. The summed E-state index contributed by atoms with van der Waals surface area (Å²) in [4.78, 5) is 29.2. The number of rotatable bonds is 4. The highest BCUT2D eigenvalue weighted by Crippen LogP contribution is 2.27. The molecule has 5 heterocycles. The first kappa shape index (κ1) is 31.5. The molecule has 4 aromatic heterocycles. The van der Waals surface area contributed by atoms with Gasteiger partial charge < -0.3 is 10.2 Å². The Hall–Kier alpha value is -4.05. The summed E-state index contributed by atoms with van der Waals surface area (Å²) in [6.07, 6.45) is -2.11. The number of hydrogen-bond acceptors (Lipinski definition) is 7. The zero-order valence-corrected chi connectivity index (χ0v) is 21.8. The van der Waals surface area contributed by atoms with Crippen LogP contribution in [0.1, 0.15) is 30.1 Å². The summed E-state index contributed by atoms with van der Waals surface area (Å²) in [5.41, 5.74) is 4.59. The van der Waals surface area contributed by atoms with Crippen LogP contribution in [-0.2, 0) is 16.1 Å². The number of carbonyl (C=O) groups is 2. The molecule has 5 rings (SSSR count). The molecule has 0 aliphatic carbocycles. The van der Waals surface area contributed by atoms with E-state index in [1.807, 2.05) is 29.0 Å². The quantitative estimate of drug-likeness (QED) is 0.294. The molecule has 0 aromatic carbocycles. The Morgan fingerprint density at radius 3 is 2.15 bits per heavy atom. The average molecular weight is 604 g/mol. The number of aromatic nitrogens is 4. The molecule has 0 bridgehead atoms. The number of pyridine rings is 2. The third-order valence-electron chi connectivity index (χ3n) is 5.70. The molecule has 1 aliphatic rings. The van der Waals surface area contributed by atoms with E-state index >= 15 is 0 Å². The third kappa shape index (κ3) is 9.53. The number of likely N-dealkylation sites (tertiary alicyclic amines) is 1. The number of alkyl halides is 6. The number of carboxylic acids is 2. The third-order valence-corrected chi connectivity index (χ3v) is 6.43. The molecule has 220 valence electrons. The van der Waals surface area contributed by atoms with Crippen LogP contribution in [0, 0.1) is 0 Å². The highest BCUT2D eigenvalue weighted by Gasteiger charge is 2.38. The van der Waals surface area contributed by atoms with Gasteiger partial charge in [0.25, 0.3) is 0 Å². The summed E-state index contributed by atoms with van der Waals surface area (Å²) in [7, 11) is 0. The first-order chi connectivity index (χ1) is 19.2. The number of halogens is 6. The first-order valence-electron chi connectivity index (χ1n) is 11.8. The van der Waals surface area contributed by atoms with Gasteiger partial charge in [0.15, 0.2) is 11.5 Å². The van der Waals surface area contributed by atoms with Crippen molar-refractivity contribution < 1.29 is 46.1 Å². The van der Waals surface area contributed by atoms with E-state index in [-0.39, 0.29) is 0 Å². The summed E-state index contributed by atoms with van der Waals surface area (Å²) in [6.45, 7) is 3.22. The number of piperidine rings is 1. The van der Waals surface area contributed by atoms with E-state index < -0.39 is 24.3 Å². The van der Waals surface area contributed by atoms with Crippen molar-refractivity contribution >= 4 is 28.9 Å². The fourth-order valence-corrected chi connectivity index (χ4v) is 4.50. The van der Waals surface area contributed by atoms with E-state index in [9.17, 15) is 26.3 Å². The largest absolute Gasteiger partial charge is 0.490 e. The smallest absolute Gasteiger partial charge is 0.475 e. The predicted molar refractivity (Wildman–Crippen MR) is 135 cm³/mol. The molecule has 0 spiro atoms. The second-order valence-corrected chi connectivity index (χ2v) is 9.52. The molecule has 0 amide bonds. The Morgan fingerprint density at radius 2 is 1.59 bits per heavy atom. The van der Waals surface area contributed by atoms with Gasteiger partial charge in [-0.3, -0.25) is 9.88 Å². The number of nitrogens with zero attached hydrogens (tertiary/aromatic N) is 5. The molecule has 1 saturated heterocycles. The Balaban J connectivity index is 0.000000276.